The number of aliphatic hydroxyl groups is 3. The monoisotopic (exact) mass is 537 g/mol. The van der Waals surface area contributed by atoms with Crippen LogP contribution in [0.4, 0.5) is 0 Å². The fourth-order valence-corrected chi connectivity index (χ4v) is 5.02. The van der Waals surface area contributed by atoms with Gasteiger partial charge in [0.15, 0.2) is 11.5 Å². The highest BCUT2D eigenvalue weighted by Gasteiger charge is 2.38. The lowest BCUT2D eigenvalue weighted by Gasteiger charge is -2.26. The zero-order valence-corrected chi connectivity index (χ0v) is 21.7. The Morgan fingerprint density at radius 2 is 1.73 bits per heavy atom. The van der Waals surface area contributed by atoms with E-state index in [0.29, 0.717) is 12.1 Å². The predicted molar refractivity (Wildman–Crippen MR) is 147 cm³/mol. The second-order valence-electron chi connectivity index (χ2n) is 9.71. The fraction of sp³-hybridized carbons (Fsp3) is 0.241. The number of pyridine rings is 1. The standard InChI is InChI=1S/C29H27N7O4/c1-2-6-24-31-21-9-5-14-30-29(21)35(24)16-17-10-12-18(13-11-17)19-7-3-4-8-20(19)28-32-33-34-36(28)22-15-23(37)26(39)27(40)25(22)38/h3-5,7-15,23,26-27,37,39-40H,2,6,16H2,1H3. The lowest BCUT2D eigenvalue weighted by atomic mass is 9.94. The average Bonchev–Trinajstić information content (AvgIpc) is 3.60. The second kappa shape index (κ2) is 10.5. The van der Waals surface area contributed by atoms with Crippen LogP contribution in [-0.4, -0.2) is 74.2 Å². The lowest BCUT2D eigenvalue weighted by molar-refractivity contribution is -0.133. The molecule has 202 valence electrons. The van der Waals surface area contributed by atoms with Crippen molar-refractivity contribution >= 4 is 22.6 Å². The van der Waals surface area contributed by atoms with Crippen molar-refractivity contribution in [2.24, 2.45) is 0 Å². The number of carbonyl (C=O) groups is 1. The van der Waals surface area contributed by atoms with Crippen LogP contribution in [0.25, 0.3) is 39.4 Å². The zero-order chi connectivity index (χ0) is 27.8. The van der Waals surface area contributed by atoms with Gasteiger partial charge in [0.2, 0.25) is 5.78 Å². The van der Waals surface area contributed by atoms with E-state index in [1.807, 2.05) is 48.5 Å². The van der Waals surface area contributed by atoms with Crippen LogP contribution in [0.3, 0.4) is 0 Å². The number of fused-ring (bicyclic) bond motifs is 1. The molecule has 40 heavy (non-hydrogen) atoms. The summed E-state index contributed by atoms with van der Waals surface area (Å²) >= 11 is 0. The van der Waals surface area contributed by atoms with E-state index in [-0.39, 0.29) is 11.5 Å². The Hall–Kier alpha value is -4.58. The van der Waals surface area contributed by atoms with E-state index in [4.69, 9.17) is 4.98 Å². The predicted octanol–water partition coefficient (Wildman–Crippen LogP) is 2.26. The molecule has 11 nitrogen and oxygen atoms in total. The summed E-state index contributed by atoms with van der Waals surface area (Å²) in [5, 5.41) is 41.9. The van der Waals surface area contributed by atoms with Crippen molar-refractivity contribution in [2.75, 3.05) is 0 Å². The minimum absolute atomic E-state index is 0.112. The summed E-state index contributed by atoms with van der Waals surface area (Å²) in [6.45, 7) is 2.77. The highest BCUT2D eigenvalue weighted by Crippen LogP contribution is 2.33. The van der Waals surface area contributed by atoms with E-state index < -0.39 is 24.1 Å². The Balaban J connectivity index is 1.34. The molecule has 1 aliphatic carbocycles. The van der Waals surface area contributed by atoms with Gasteiger partial charge in [0, 0.05) is 18.2 Å². The number of imidazole rings is 1. The molecule has 1 aliphatic rings. The fourth-order valence-electron chi connectivity index (χ4n) is 5.02. The van der Waals surface area contributed by atoms with Crippen molar-refractivity contribution in [3.8, 4) is 22.5 Å². The lowest BCUT2D eigenvalue weighted by Crippen LogP contribution is -2.46. The maximum atomic E-state index is 12.7. The molecule has 0 fully saturated rings. The first kappa shape index (κ1) is 25.7. The van der Waals surface area contributed by atoms with Gasteiger partial charge in [-0.05, 0) is 51.7 Å². The van der Waals surface area contributed by atoms with Gasteiger partial charge in [-0.25, -0.2) is 9.97 Å². The molecule has 0 amide bonds. The van der Waals surface area contributed by atoms with Crippen LogP contribution < -0.4 is 0 Å². The number of nitrogens with zero attached hydrogens (tertiary/aromatic N) is 7. The first-order valence-electron chi connectivity index (χ1n) is 13.0. The van der Waals surface area contributed by atoms with Crippen molar-refractivity contribution < 1.29 is 20.1 Å². The van der Waals surface area contributed by atoms with E-state index >= 15 is 0 Å². The normalized spacial score (nSPS) is 19.2. The summed E-state index contributed by atoms with van der Waals surface area (Å²) in [4.78, 5) is 22.0. The van der Waals surface area contributed by atoms with Crippen molar-refractivity contribution in [1.82, 2.24) is 34.7 Å². The van der Waals surface area contributed by atoms with Gasteiger partial charge in [0.1, 0.15) is 35.4 Å². The minimum atomic E-state index is -1.78. The summed E-state index contributed by atoms with van der Waals surface area (Å²) in [7, 11) is 0. The van der Waals surface area contributed by atoms with Crippen LogP contribution >= 0.6 is 0 Å². The number of benzene rings is 2. The molecule has 3 heterocycles. The Bertz CT molecular complexity index is 1720. The topological polar surface area (TPSA) is 152 Å². The molecule has 3 aromatic heterocycles. The van der Waals surface area contributed by atoms with E-state index in [9.17, 15) is 20.1 Å². The molecular weight excluding hydrogens is 510 g/mol. The summed E-state index contributed by atoms with van der Waals surface area (Å²) in [6.07, 6.45) is -0.0556. The number of Topliss-reactive ketones (excluding diaryl/α,β-unsaturated/α-hetero) is 1. The van der Waals surface area contributed by atoms with Crippen LogP contribution in [0.15, 0.2) is 72.9 Å². The van der Waals surface area contributed by atoms with Gasteiger partial charge in [-0.2, -0.15) is 4.68 Å². The van der Waals surface area contributed by atoms with Crippen molar-refractivity contribution in [1.29, 1.82) is 0 Å². The molecule has 0 saturated heterocycles. The van der Waals surface area contributed by atoms with Gasteiger partial charge < -0.3 is 19.9 Å². The number of hydrogen-bond acceptors (Lipinski definition) is 9. The summed E-state index contributed by atoms with van der Waals surface area (Å²) < 4.78 is 3.34. The molecule has 3 unspecified atom stereocenters. The molecule has 0 saturated carbocycles. The molecule has 0 radical (unpaired) electrons. The summed E-state index contributed by atoms with van der Waals surface area (Å²) in [5.41, 5.74) is 5.12. The maximum absolute atomic E-state index is 12.7. The zero-order valence-electron chi connectivity index (χ0n) is 21.7. The van der Waals surface area contributed by atoms with Crippen molar-refractivity contribution in [2.45, 2.75) is 44.6 Å². The highest BCUT2D eigenvalue weighted by atomic mass is 16.4. The highest BCUT2D eigenvalue weighted by molar-refractivity contribution is 6.18. The van der Waals surface area contributed by atoms with Gasteiger partial charge in [0.25, 0.3) is 0 Å². The SMILES string of the molecule is CCCc1nc2cccnc2n1Cc1ccc(-c2ccccc2-c2nnnn2C2=CC(O)C(O)C(O)C2=O)cc1. The molecule has 3 atom stereocenters. The third-order valence-corrected chi connectivity index (χ3v) is 7.05. The van der Waals surface area contributed by atoms with E-state index in [1.54, 1.807) is 6.20 Å². The molecule has 3 N–H and O–H groups in total. The minimum Gasteiger partial charge on any atom is -0.387 e. The summed E-state index contributed by atoms with van der Waals surface area (Å²) in [6, 6.07) is 19.5. The maximum Gasteiger partial charge on any atom is 0.212 e. The average molecular weight is 538 g/mol. The van der Waals surface area contributed by atoms with E-state index in [2.05, 4.69) is 44.1 Å². The van der Waals surface area contributed by atoms with Crippen LogP contribution in [0, 0.1) is 0 Å². The van der Waals surface area contributed by atoms with Crippen LogP contribution in [-0.2, 0) is 17.8 Å². The second-order valence-corrected chi connectivity index (χ2v) is 9.71. The molecule has 0 spiro atoms. The Kier molecular flexibility index (Phi) is 6.76. The molecule has 6 rings (SSSR count). The molecule has 5 aromatic rings. The van der Waals surface area contributed by atoms with Gasteiger partial charge in [0.05, 0.1) is 6.54 Å². The van der Waals surface area contributed by atoms with Gasteiger partial charge in [-0.3, -0.25) is 4.79 Å². The molecule has 2 aromatic carbocycles. The molecule has 11 heteroatoms. The Morgan fingerprint density at radius 3 is 2.50 bits per heavy atom. The van der Waals surface area contributed by atoms with Gasteiger partial charge in [-0.1, -0.05) is 55.5 Å². The van der Waals surface area contributed by atoms with Crippen LogP contribution in [0.2, 0.25) is 0 Å². The summed E-state index contributed by atoms with van der Waals surface area (Å²) in [5.74, 6) is 0.485. The smallest absolute Gasteiger partial charge is 0.212 e. The van der Waals surface area contributed by atoms with Gasteiger partial charge >= 0.3 is 0 Å². The van der Waals surface area contributed by atoms with Crippen LogP contribution in [0.1, 0.15) is 24.7 Å². The third kappa shape index (κ3) is 4.49. The largest absolute Gasteiger partial charge is 0.387 e. The molecule has 0 bridgehead atoms. The number of ketones is 1. The van der Waals surface area contributed by atoms with Gasteiger partial charge in [-0.15, -0.1) is 5.10 Å². The molecular formula is C29H27N7O4. The van der Waals surface area contributed by atoms with E-state index in [0.717, 1.165) is 52.6 Å². The Labute approximate surface area is 229 Å². The quantitative estimate of drug-likeness (QED) is 0.284. The number of aryl methyl sites for hydroxylation is 1. The first-order valence-corrected chi connectivity index (χ1v) is 13.0. The van der Waals surface area contributed by atoms with E-state index in [1.165, 1.54) is 4.68 Å². The number of aromatic nitrogens is 7. The third-order valence-electron chi connectivity index (χ3n) is 7.05. The number of rotatable bonds is 7. The Morgan fingerprint density at radius 1 is 0.950 bits per heavy atom. The first-order chi connectivity index (χ1) is 19.5. The number of tetrazole rings is 1. The number of carbonyl (C=O) groups excluding carboxylic acids is 1. The molecule has 0 aliphatic heterocycles. The van der Waals surface area contributed by atoms with Crippen LogP contribution in [0.5, 0.6) is 0 Å². The number of hydrogen-bond donors (Lipinski definition) is 3. The number of aliphatic hydroxyl groups excluding tert-OH is 3. The van der Waals surface area contributed by atoms with Crippen molar-refractivity contribution in [3.05, 3.63) is 84.3 Å². The van der Waals surface area contributed by atoms with Crippen molar-refractivity contribution in [3.63, 3.8) is 0 Å².